The second-order valence-corrected chi connectivity index (χ2v) is 3.41. The fourth-order valence-electron chi connectivity index (χ4n) is 1.60. The highest BCUT2D eigenvalue weighted by Gasteiger charge is 2.19. The van der Waals surface area contributed by atoms with Gasteiger partial charge in [-0.2, -0.15) is 5.26 Å². The molecule has 1 aliphatic rings. The fraction of sp³-hybridized carbons (Fsp3) is 0.889. The summed E-state index contributed by atoms with van der Waals surface area (Å²) in [5, 5.41) is 17.4. The van der Waals surface area contributed by atoms with Gasteiger partial charge < -0.3 is 5.11 Å². The number of hydrogen-bond acceptors (Lipinski definition) is 4. The summed E-state index contributed by atoms with van der Waals surface area (Å²) in [7, 11) is 0. The largest absolute Gasteiger partial charge is 0.395 e. The molecule has 0 aromatic rings. The predicted molar refractivity (Wildman–Crippen MR) is 50.2 cm³/mol. The van der Waals surface area contributed by atoms with Crippen LogP contribution in [0.15, 0.2) is 0 Å². The molecule has 0 saturated carbocycles. The van der Waals surface area contributed by atoms with Crippen LogP contribution in [0.1, 0.15) is 6.92 Å². The minimum absolute atomic E-state index is 0.0243. The van der Waals surface area contributed by atoms with Gasteiger partial charge in [0, 0.05) is 32.7 Å². The summed E-state index contributed by atoms with van der Waals surface area (Å²) in [6.07, 6.45) is 0. The van der Waals surface area contributed by atoms with Crippen molar-refractivity contribution in [2.75, 3.05) is 39.3 Å². The van der Waals surface area contributed by atoms with Crippen LogP contribution in [-0.2, 0) is 0 Å². The molecule has 1 unspecified atom stereocenters. The van der Waals surface area contributed by atoms with Crippen molar-refractivity contribution in [3.05, 3.63) is 0 Å². The Morgan fingerprint density at radius 1 is 1.38 bits per heavy atom. The van der Waals surface area contributed by atoms with E-state index in [4.69, 9.17) is 10.4 Å². The first-order chi connectivity index (χ1) is 6.27. The first-order valence-electron chi connectivity index (χ1n) is 4.75. The summed E-state index contributed by atoms with van der Waals surface area (Å²) in [5.41, 5.74) is 0. The third kappa shape index (κ3) is 2.96. The maximum absolute atomic E-state index is 8.73. The monoisotopic (exact) mass is 183 g/mol. The van der Waals surface area contributed by atoms with E-state index in [2.05, 4.69) is 15.9 Å². The quantitative estimate of drug-likeness (QED) is 0.641. The van der Waals surface area contributed by atoms with Crippen LogP contribution >= 0.6 is 0 Å². The zero-order valence-corrected chi connectivity index (χ0v) is 8.11. The number of aliphatic hydroxyl groups excluding tert-OH is 1. The molecular weight excluding hydrogens is 166 g/mol. The Morgan fingerprint density at radius 2 is 2.00 bits per heavy atom. The van der Waals surface area contributed by atoms with Crippen molar-refractivity contribution in [2.24, 2.45) is 0 Å². The van der Waals surface area contributed by atoms with E-state index in [0.717, 1.165) is 32.7 Å². The van der Waals surface area contributed by atoms with Gasteiger partial charge in [-0.15, -0.1) is 0 Å². The summed E-state index contributed by atoms with van der Waals surface area (Å²) in [6, 6.07) is 2.26. The summed E-state index contributed by atoms with van der Waals surface area (Å²) in [4.78, 5) is 4.40. The van der Waals surface area contributed by atoms with Crippen LogP contribution in [0.3, 0.4) is 0 Å². The standard InChI is InChI=1S/C9H17N3O/c1-9(8-10)12-4-2-11(3-5-12)6-7-13/h9,13H,2-7H2,1H3. The molecule has 1 N–H and O–H groups in total. The van der Waals surface area contributed by atoms with Crippen molar-refractivity contribution < 1.29 is 5.11 Å². The SMILES string of the molecule is CC(C#N)N1CCN(CCO)CC1. The Morgan fingerprint density at radius 3 is 2.46 bits per heavy atom. The van der Waals surface area contributed by atoms with Gasteiger partial charge >= 0.3 is 0 Å². The third-order valence-corrected chi connectivity index (χ3v) is 2.56. The predicted octanol–water partition coefficient (Wildman–Crippen LogP) is -0.492. The van der Waals surface area contributed by atoms with Crippen molar-refractivity contribution in [1.82, 2.24) is 9.80 Å². The first kappa shape index (κ1) is 10.5. The van der Waals surface area contributed by atoms with Gasteiger partial charge in [0.05, 0.1) is 18.7 Å². The highest BCUT2D eigenvalue weighted by Crippen LogP contribution is 2.04. The molecular formula is C9H17N3O. The van der Waals surface area contributed by atoms with Crippen LogP contribution < -0.4 is 0 Å². The molecule has 0 bridgehead atoms. The number of hydrogen-bond donors (Lipinski definition) is 1. The van der Waals surface area contributed by atoms with E-state index in [1.165, 1.54) is 0 Å². The van der Waals surface area contributed by atoms with E-state index in [0.29, 0.717) is 0 Å². The molecule has 0 aromatic heterocycles. The van der Waals surface area contributed by atoms with E-state index in [-0.39, 0.29) is 12.6 Å². The number of rotatable bonds is 3. The Kier molecular flexibility index (Phi) is 4.16. The summed E-state index contributed by atoms with van der Waals surface area (Å²) in [5.74, 6) is 0. The molecule has 1 saturated heterocycles. The average Bonchev–Trinajstić information content (AvgIpc) is 2.18. The van der Waals surface area contributed by atoms with Crippen molar-refractivity contribution in [3.63, 3.8) is 0 Å². The number of nitriles is 1. The van der Waals surface area contributed by atoms with Crippen LogP contribution in [0, 0.1) is 11.3 Å². The summed E-state index contributed by atoms with van der Waals surface area (Å²) < 4.78 is 0. The number of aliphatic hydroxyl groups is 1. The van der Waals surface area contributed by atoms with Gasteiger partial charge in [-0.25, -0.2) is 0 Å². The molecule has 0 radical (unpaired) electrons. The van der Waals surface area contributed by atoms with Crippen molar-refractivity contribution in [3.8, 4) is 6.07 Å². The lowest BCUT2D eigenvalue weighted by atomic mass is 10.2. The number of nitrogens with zero attached hydrogens (tertiary/aromatic N) is 3. The van der Waals surface area contributed by atoms with Gasteiger partial charge in [-0.3, -0.25) is 9.80 Å². The summed E-state index contributed by atoms with van der Waals surface area (Å²) in [6.45, 7) is 6.73. The molecule has 1 fully saturated rings. The van der Waals surface area contributed by atoms with Gasteiger partial charge in [0.25, 0.3) is 0 Å². The van der Waals surface area contributed by atoms with E-state index in [1.807, 2.05) is 6.92 Å². The lowest BCUT2D eigenvalue weighted by molar-refractivity contribution is 0.102. The Labute approximate surface area is 79.4 Å². The van der Waals surface area contributed by atoms with Crippen LogP contribution in [-0.4, -0.2) is 60.3 Å². The zero-order chi connectivity index (χ0) is 9.68. The minimum atomic E-state index is 0.0243. The highest BCUT2D eigenvalue weighted by molar-refractivity contribution is 4.90. The molecule has 0 aliphatic carbocycles. The fourth-order valence-corrected chi connectivity index (χ4v) is 1.60. The molecule has 4 heteroatoms. The molecule has 0 spiro atoms. The molecule has 13 heavy (non-hydrogen) atoms. The lowest BCUT2D eigenvalue weighted by Crippen LogP contribution is -2.49. The van der Waals surface area contributed by atoms with E-state index in [1.54, 1.807) is 0 Å². The van der Waals surface area contributed by atoms with E-state index < -0.39 is 0 Å². The van der Waals surface area contributed by atoms with Gasteiger partial charge in [0.2, 0.25) is 0 Å². The lowest BCUT2D eigenvalue weighted by Gasteiger charge is -2.35. The van der Waals surface area contributed by atoms with Crippen LogP contribution in [0.25, 0.3) is 0 Å². The van der Waals surface area contributed by atoms with Gasteiger partial charge in [0.15, 0.2) is 0 Å². The van der Waals surface area contributed by atoms with Gasteiger partial charge in [0.1, 0.15) is 0 Å². The van der Waals surface area contributed by atoms with Crippen molar-refractivity contribution in [2.45, 2.75) is 13.0 Å². The second-order valence-electron chi connectivity index (χ2n) is 3.41. The number of β-amino-alcohol motifs (C(OH)–C–C–N with tert-alkyl or cyclic N) is 1. The Hall–Kier alpha value is -0.630. The van der Waals surface area contributed by atoms with E-state index in [9.17, 15) is 0 Å². The average molecular weight is 183 g/mol. The Bertz CT molecular complexity index is 182. The first-order valence-corrected chi connectivity index (χ1v) is 4.75. The smallest absolute Gasteiger partial charge is 0.0950 e. The Balaban J connectivity index is 2.27. The molecule has 1 rings (SSSR count). The van der Waals surface area contributed by atoms with Crippen molar-refractivity contribution >= 4 is 0 Å². The molecule has 1 atom stereocenters. The second kappa shape index (κ2) is 5.18. The number of piperazine rings is 1. The maximum atomic E-state index is 8.73. The zero-order valence-electron chi connectivity index (χ0n) is 8.11. The van der Waals surface area contributed by atoms with Crippen molar-refractivity contribution in [1.29, 1.82) is 5.26 Å². The topological polar surface area (TPSA) is 50.5 Å². The normalized spacial score (nSPS) is 22.5. The molecule has 74 valence electrons. The molecule has 0 aromatic carbocycles. The minimum Gasteiger partial charge on any atom is -0.395 e. The highest BCUT2D eigenvalue weighted by atomic mass is 16.3. The third-order valence-electron chi connectivity index (χ3n) is 2.56. The van der Waals surface area contributed by atoms with Crippen LogP contribution in [0.5, 0.6) is 0 Å². The molecule has 4 nitrogen and oxygen atoms in total. The van der Waals surface area contributed by atoms with E-state index >= 15 is 0 Å². The summed E-state index contributed by atoms with van der Waals surface area (Å²) >= 11 is 0. The van der Waals surface area contributed by atoms with Gasteiger partial charge in [-0.05, 0) is 6.92 Å². The van der Waals surface area contributed by atoms with Crippen LogP contribution in [0.2, 0.25) is 0 Å². The molecule has 1 aliphatic heterocycles. The molecule has 0 amide bonds. The molecule has 1 heterocycles. The van der Waals surface area contributed by atoms with Gasteiger partial charge in [-0.1, -0.05) is 0 Å². The maximum Gasteiger partial charge on any atom is 0.0950 e. The van der Waals surface area contributed by atoms with Crippen LogP contribution in [0.4, 0.5) is 0 Å².